The molecule has 2 aromatic rings. The van der Waals surface area contributed by atoms with E-state index in [1.807, 2.05) is 50.2 Å². The third-order valence-corrected chi connectivity index (χ3v) is 7.06. The molecule has 2 aromatic carbocycles. The van der Waals surface area contributed by atoms with Gasteiger partial charge in [0.05, 0.1) is 10.6 Å². The fraction of sp³-hybridized carbons (Fsp3) is 0.429. The first kappa shape index (κ1) is 18.0. The van der Waals surface area contributed by atoms with Gasteiger partial charge in [-0.2, -0.15) is 0 Å². The minimum atomic E-state index is -3.57. The smallest absolute Gasteiger partial charge is 0.264 e. The van der Waals surface area contributed by atoms with Crippen LogP contribution in [-0.4, -0.2) is 15.0 Å². The molecule has 0 aliphatic carbocycles. The van der Waals surface area contributed by atoms with Gasteiger partial charge in [-0.05, 0) is 60.4 Å². The molecule has 0 radical (unpaired) electrons. The van der Waals surface area contributed by atoms with Crippen LogP contribution in [0.5, 0.6) is 0 Å². The first-order chi connectivity index (χ1) is 11.6. The fourth-order valence-corrected chi connectivity index (χ4v) is 5.61. The zero-order valence-corrected chi connectivity index (χ0v) is 16.6. The lowest BCUT2D eigenvalue weighted by molar-refractivity contribution is 0.579. The number of rotatable bonds is 2. The molecule has 0 N–H and O–H groups in total. The Morgan fingerprint density at radius 2 is 1.60 bits per heavy atom. The maximum absolute atomic E-state index is 13.5. The van der Waals surface area contributed by atoms with Crippen molar-refractivity contribution in [3.05, 3.63) is 58.7 Å². The maximum atomic E-state index is 13.5. The van der Waals surface area contributed by atoms with Crippen LogP contribution in [0.25, 0.3) is 0 Å². The summed E-state index contributed by atoms with van der Waals surface area (Å²) in [5.41, 5.74) is 4.75. The molecule has 0 unspecified atom stereocenters. The number of benzene rings is 2. The minimum Gasteiger partial charge on any atom is -0.266 e. The Morgan fingerprint density at radius 1 is 1.00 bits per heavy atom. The molecular weight excluding hydrogens is 330 g/mol. The van der Waals surface area contributed by atoms with Crippen molar-refractivity contribution >= 4 is 15.7 Å². The van der Waals surface area contributed by atoms with Gasteiger partial charge in [-0.25, -0.2) is 8.42 Å². The molecule has 0 saturated carbocycles. The van der Waals surface area contributed by atoms with E-state index in [4.69, 9.17) is 0 Å². The molecule has 134 valence electrons. The number of aryl methyl sites for hydroxylation is 3. The second-order valence-corrected chi connectivity index (χ2v) is 9.80. The fourth-order valence-electron chi connectivity index (χ4n) is 3.65. The third kappa shape index (κ3) is 3.20. The number of hydrogen-bond acceptors (Lipinski definition) is 2. The average Bonchev–Trinajstić information content (AvgIpc) is 2.52. The molecular formula is C21H27NO2S. The second kappa shape index (κ2) is 6.17. The zero-order valence-electron chi connectivity index (χ0n) is 15.8. The summed E-state index contributed by atoms with van der Waals surface area (Å²) in [6, 6.07) is 11.9. The molecule has 4 heteroatoms. The van der Waals surface area contributed by atoms with Crippen molar-refractivity contribution in [1.82, 2.24) is 0 Å². The van der Waals surface area contributed by atoms with Gasteiger partial charge in [-0.15, -0.1) is 0 Å². The van der Waals surface area contributed by atoms with Crippen molar-refractivity contribution in [1.29, 1.82) is 0 Å². The van der Waals surface area contributed by atoms with Crippen LogP contribution < -0.4 is 4.31 Å². The van der Waals surface area contributed by atoms with Gasteiger partial charge in [-0.3, -0.25) is 4.31 Å². The quantitative estimate of drug-likeness (QED) is 0.778. The predicted octanol–water partition coefficient (Wildman–Crippen LogP) is 4.74. The molecule has 1 heterocycles. The Morgan fingerprint density at radius 3 is 2.20 bits per heavy atom. The van der Waals surface area contributed by atoms with Crippen molar-refractivity contribution in [3.8, 4) is 0 Å². The van der Waals surface area contributed by atoms with Crippen molar-refractivity contribution in [2.45, 2.75) is 57.8 Å². The molecule has 3 rings (SSSR count). The largest absolute Gasteiger partial charge is 0.266 e. The number of hydrogen-bond donors (Lipinski definition) is 0. The predicted molar refractivity (Wildman–Crippen MR) is 104 cm³/mol. The van der Waals surface area contributed by atoms with Crippen molar-refractivity contribution in [3.63, 3.8) is 0 Å². The molecule has 0 spiro atoms. The van der Waals surface area contributed by atoms with Crippen LogP contribution in [0, 0.1) is 13.8 Å². The van der Waals surface area contributed by atoms with Crippen LogP contribution in [-0.2, 0) is 21.9 Å². The Bertz CT molecular complexity index is 885. The molecule has 3 nitrogen and oxygen atoms in total. The van der Waals surface area contributed by atoms with E-state index < -0.39 is 10.0 Å². The van der Waals surface area contributed by atoms with Gasteiger partial charge in [-0.1, -0.05) is 51.1 Å². The van der Waals surface area contributed by atoms with E-state index >= 15 is 0 Å². The summed E-state index contributed by atoms with van der Waals surface area (Å²) in [6.07, 6.45) is 1.79. The van der Waals surface area contributed by atoms with Crippen molar-refractivity contribution in [2.24, 2.45) is 0 Å². The monoisotopic (exact) mass is 357 g/mol. The van der Waals surface area contributed by atoms with Crippen molar-refractivity contribution < 1.29 is 8.42 Å². The van der Waals surface area contributed by atoms with E-state index in [0.29, 0.717) is 11.4 Å². The third-order valence-electron chi connectivity index (χ3n) is 4.94. The van der Waals surface area contributed by atoms with Gasteiger partial charge in [0.2, 0.25) is 0 Å². The molecule has 1 aliphatic heterocycles. The summed E-state index contributed by atoms with van der Waals surface area (Å²) in [4.78, 5) is 0.456. The Labute approximate surface area is 151 Å². The normalized spacial score (nSPS) is 15.2. The number of fused-ring (bicyclic) bond motifs is 1. The number of para-hydroxylation sites is 1. The summed E-state index contributed by atoms with van der Waals surface area (Å²) >= 11 is 0. The van der Waals surface area contributed by atoms with E-state index in [-0.39, 0.29) is 5.41 Å². The van der Waals surface area contributed by atoms with Gasteiger partial charge in [0.25, 0.3) is 10.0 Å². The molecule has 0 aromatic heterocycles. The number of nitrogens with zero attached hydrogens (tertiary/aromatic N) is 1. The highest BCUT2D eigenvalue weighted by atomic mass is 32.2. The summed E-state index contributed by atoms with van der Waals surface area (Å²) in [5, 5.41) is 0. The SMILES string of the molecule is Cc1cc(C(C)(C)C)cc(C)c1S(=O)(=O)N1CCCc2ccccc21. The van der Waals surface area contributed by atoms with E-state index in [0.717, 1.165) is 35.2 Å². The van der Waals surface area contributed by atoms with E-state index in [9.17, 15) is 8.42 Å². The van der Waals surface area contributed by atoms with E-state index in [2.05, 4.69) is 20.8 Å². The first-order valence-electron chi connectivity index (χ1n) is 8.85. The Kier molecular flexibility index (Phi) is 4.44. The summed E-state index contributed by atoms with van der Waals surface area (Å²) in [5.74, 6) is 0. The van der Waals surface area contributed by atoms with Gasteiger partial charge in [0.15, 0.2) is 0 Å². The second-order valence-electron chi connectivity index (χ2n) is 8.00. The number of anilines is 1. The maximum Gasteiger partial charge on any atom is 0.264 e. The Hall–Kier alpha value is -1.81. The first-order valence-corrected chi connectivity index (χ1v) is 10.3. The standard InChI is InChI=1S/C21H27NO2S/c1-15-13-18(21(3,4)5)14-16(2)20(15)25(23,24)22-12-8-10-17-9-6-7-11-19(17)22/h6-7,9,11,13-14H,8,10,12H2,1-5H3. The van der Waals surface area contributed by atoms with Crippen LogP contribution in [0.3, 0.4) is 0 Å². The van der Waals surface area contributed by atoms with Gasteiger partial charge in [0, 0.05) is 6.54 Å². The van der Waals surface area contributed by atoms with Gasteiger partial charge in [0.1, 0.15) is 0 Å². The van der Waals surface area contributed by atoms with Crippen LogP contribution in [0.1, 0.15) is 49.4 Å². The highest BCUT2D eigenvalue weighted by Gasteiger charge is 2.32. The molecule has 0 bridgehead atoms. The Balaban J connectivity index is 2.14. The summed E-state index contributed by atoms with van der Waals surface area (Å²) in [6.45, 7) is 10.8. The highest BCUT2D eigenvalue weighted by Crippen LogP contribution is 2.35. The summed E-state index contributed by atoms with van der Waals surface area (Å²) in [7, 11) is -3.57. The van der Waals surface area contributed by atoms with Crippen LogP contribution in [0.15, 0.2) is 41.3 Å². The lowest BCUT2D eigenvalue weighted by Gasteiger charge is -2.32. The molecule has 0 fully saturated rings. The van der Waals surface area contributed by atoms with Crippen LogP contribution in [0.2, 0.25) is 0 Å². The zero-order chi connectivity index (χ0) is 18.4. The van der Waals surface area contributed by atoms with Crippen LogP contribution in [0.4, 0.5) is 5.69 Å². The molecule has 25 heavy (non-hydrogen) atoms. The lowest BCUT2D eigenvalue weighted by atomic mass is 9.85. The van der Waals surface area contributed by atoms with E-state index in [1.54, 1.807) is 4.31 Å². The summed E-state index contributed by atoms with van der Waals surface area (Å²) < 4.78 is 28.6. The average molecular weight is 358 g/mol. The topological polar surface area (TPSA) is 37.4 Å². The number of sulfonamides is 1. The molecule has 1 aliphatic rings. The van der Waals surface area contributed by atoms with Crippen LogP contribution >= 0.6 is 0 Å². The lowest BCUT2D eigenvalue weighted by Crippen LogP contribution is -2.36. The minimum absolute atomic E-state index is 0.00443. The molecule has 0 saturated heterocycles. The molecule has 0 amide bonds. The highest BCUT2D eigenvalue weighted by molar-refractivity contribution is 7.93. The van der Waals surface area contributed by atoms with Crippen molar-refractivity contribution in [2.75, 3.05) is 10.8 Å². The van der Waals surface area contributed by atoms with Gasteiger partial charge < -0.3 is 0 Å². The van der Waals surface area contributed by atoms with E-state index in [1.165, 1.54) is 5.56 Å². The van der Waals surface area contributed by atoms with Gasteiger partial charge >= 0.3 is 0 Å². The molecule has 0 atom stereocenters.